The zero-order valence-electron chi connectivity index (χ0n) is 9.98. The van der Waals surface area contributed by atoms with Crippen LogP contribution in [0.5, 0.6) is 0 Å². The highest BCUT2D eigenvalue weighted by Crippen LogP contribution is 2.29. The second-order valence-corrected chi connectivity index (χ2v) is 5.28. The molecule has 1 saturated heterocycles. The van der Waals surface area contributed by atoms with E-state index in [1.54, 1.807) is 18.2 Å². The second-order valence-electron chi connectivity index (χ2n) is 4.37. The fourth-order valence-corrected chi connectivity index (χ4v) is 2.34. The van der Waals surface area contributed by atoms with Crippen molar-refractivity contribution in [3.8, 4) is 0 Å². The maximum atomic E-state index is 11.4. The fourth-order valence-electron chi connectivity index (χ4n) is 1.98. The highest BCUT2D eigenvalue weighted by atomic mass is 79.9. The molecule has 0 aliphatic carbocycles. The molecule has 1 atom stereocenters. The second kappa shape index (κ2) is 5.18. The van der Waals surface area contributed by atoms with Crippen LogP contribution in [0.1, 0.15) is 16.8 Å². The molecule has 102 valence electrons. The van der Waals surface area contributed by atoms with Gasteiger partial charge in [0.15, 0.2) is 5.54 Å². The van der Waals surface area contributed by atoms with Gasteiger partial charge in [-0.25, -0.2) is 4.79 Å². The number of aliphatic carboxylic acids is 1. The van der Waals surface area contributed by atoms with Gasteiger partial charge in [0.05, 0.1) is 12.2 Å². The van der Waals surface area contributed by atoms with Gasteiger partial charge in [-0.2, -0.15) is 0 Å². The topological polar surface area (TPSA) is 102 Å². The number of carboxylic acid groups (broad SMARTS) is 1. The minimum atomic E-state index is -1.22. The first-order valence-electron chi connectivity index (χ1n) is 5.63. The highest BCUT2D eigenvalue weighted by molar-refractivity contribution is 9.10. The van der Waals surface area contributed by atoms with E-state index in [0.717, 1.165) is 4.47 Å². The Morgan fingerprint density at radius 1 is 1.47 bits per heavy atom. The van der Waals surface area contributed by atoms with Crippen LogP contribution in [0.25, 0.3) is 0 Å². The minimum Gasteiger partial charge on any atom is -0.479 e. The fraction of sp³-hybridized carbons (Fsp3) is 0.333. The number of primary amides is 1. The van der Waals surface area contributed by atoms with Gasteiger partial charge in [0.1, 0.15) is 0 Å². The van der Waals surface area contributed by atoms with Crippen LogP contribution in [0.4, 0.5) is 5.69 Å². The van der Waals surface area contributed by atoms with Gasteiger partial charge in [-0.15, -0.1) is 0 Å². The van der Waals surface area contributed by atoms with Crippen LogP contribution in [-0.4, -0.2) is 35.7 Å². The van der Waals surface area contributed by atoms with Crippen molar-refractivity contribution in [3.05, 3.63) is 28.2 Å². The molecule has 1 amide bonds. The summed E-state index contributed by atoms with van der Waals surface area (Å²) in [5, 5.41) is 12.2. The number of amides is 1. The summed E-state index contributed by atoms with van der Waals surface area (Å²) in [7, 11) is 0. The predicted molar refractivity (Wildman–Crippen MR) is 72.1 cm³/mol. The van der Waals surface area contributed by atoms with Crippen molar-refractivity contribution in [2.75, 3.05) is 18.5 Å². The Hall–Kier alpha value is -1.60. The third kappa shape index (κ3) is 2.71. The monoisotopic (exact) mass is 328 g/mol. The maximum Gasteiger partial charge on any atom is 0.331 e. The minimum absolute atomic E-state index is 0.0487. The lowest BCUT2D eigenvalue weighted by Crippen LogP contribution is -2.47. The molecular weight excluding hydrogens is 316 g/mol. The van der Waals surface area contributed by atoms with Crippen molar-refractivity contribution in [3.63, 3.8) is 0 Å². The molecule has 4 N–H and O–H groups in total. The van der Waals surface area contributed by atoms with Gasteiger partial charge < -0.3 is 20.9 Å². The number of hydrogen-bond acceptors (Lipinski definition) is 4. The summed E-state index contributed by atoms with van der Waals surface area (Å²) in [6.45, 7) is 0.409. The molecule has 19 heavy (non-hydrogen) atoms. The molecule has 0 radical (unpaired) electrons. The zero-order chi connectivity index (χ0) is 14.0. The summed E-state index contributed by atoms with van der Waals surface area (Å²) in [6.07, 6.45) is 0.326. The third-order valence-corrected chi connectivity index (χ3v) is 3.55. The van der Waals surface area contributed by atoms with Crippen molar-refractivity contribution in [2.24, 2.45) is 5.73 Å². The van der Waals surface area contributed by atoms with E-state index in [2.05, 4.69) is 21.2 Å². The quantitative estimate of drug-likeness (QED) is 0.770. The van der Waals surface area contributed by atoms with Gasteiger partial charge in [-0.05, 0) is 18.2 Å². The molecular formula is C12H13BrN2O4. The summed E-state index contributed by atoms with van der Waals surface area (Å²) >= 11 is 3.28. The largest absolute Gasteiger partial charge is 0.479 e. The van der Waals surface area contributed by atoms with E-state index in [4.69, 9.17) is 10.5 Å². The molecule has 0 aromatic heterocycles. The lowest BCUT2D eigenvalue weighted by molar-refractivity contribution is -0.142. The Balaban J connectivity index is 2.39. The lowest BCUT2D eigenvalue weighted by atomic mass is 9.97. The summed E-state index contributed by atoms with van der Waals surface area (Å²) in [5.41, 5.74) is 4.70. The molecule has 0 saturated carbocycles. The maximum absolute atomic E-state index is 11.4. The SMILES string of the molecule is NC(=O)c1ccc(Br)cc1NC1(C(=O)O)CCOC1. The van der Waals surface area contributed by atoms with Crippen molar-refractivity contribution < 1.29 is 19.4 Å². The van der Waals surface area contributed by atoms with E-state index < -0.39 is 17.4 Å². The first-order valence-corrected chi connectivity index (χ1v) is 6.43. The number of carbonyl (C=O) groups is 2. The van der Waals surface area contributed by atoms with Crippen LogP contribution in [0.15, 0.2) is 22.7 Å². The van der Waals surface area contributed by atoms with Crippen LogP contribution < -0.4 is 11.1 Å². The first kappa shape index (κ1) is 13.8. The Morgan fingerprint density at radius 3 is 2.74 bits per heavy atom. The molecule has 1 heterocycles. The number of hydrogen-bond donors (Lipinski definition) is 3. The van der Waals surface area contributed by atoms with E-state index in [1.807, 2.05) is 0 Å². The number of carbonyl (C=O) groups excluding carboxylic acids is 1. The summed E-state index contributed by atoms with van der Waals surface area (Å²) in [5.74, 6) is -1.63. The zero-order valence-corrected chi connectivity index (χ0v) is 11.6. The summed E-state index contributed by atoms with van der Waals surface area (Å²) in [4.78, 5) is 22.8. The van der Waals surface area contributed by atoms with Crippen LogP contribution in [-0.2, 0) is 9.53 Å². The summed E-state index contributed by atoms with van der Waals surface area (Å²) in [6, 6.07) is 4.84. The Morgan fingerprint density at radius 2 is 2.21 bits per heavy atom. The van der Waals surface area contributed by atoms with Crippen molar-refractivity contribution in [1.82, 2.24) is 0 Å². The number of nitrogens with one attached hydrogen (secondary N) is 1. The van der Waals surface area contributed by atoms with Crippen molar-refractivity contribution in [2.45, 2.75) is 12.0 Å². The molecule has 1 fully saturated rings. The first-order chi connectivity index (χ1) is 8.94. The molecule has 6 nitrogen and oxygen atoms in total. The van der Waals surface area contributed by atoms with Crippen molar-refractivity contribution in [1.29, 1.82) is 0 Å². The smallest absolute Gasteiger partial charge is 0.331 e. The van der Waals surface area contributed by atoms with E-state index in [0.29, 0.717) is 18.7 Å². The van der Waals surface area contributed by atoms with E-state index in [-0.39, 0.29) is 12.2 Å². The molecule has 1 aromatic rings. The number of halogens is 1. The number of benzene rings is 1. The number of nitrogens with two attached hydrogens (primary N) is 1. The highest BCUT2D eigenvalue weighted by Gasteiger charge is 2.43. The Labute approximate surface area is 118 Å². The van der Waals surface area contributed by atoms with Gasteiger partial charge >= 0.3 is 5.97 Å². The van der Waals surface area contributed by atoms with Crippen LogP contribution in [0.2, 0.25) is 0 Å². The molecule has 2 rings (SSSR count). The molecule has 1 aliphatic heterocycles. The Kier molecular flexibility index (Phi) is 3.77. The van der Waals surface area contributed by atoms with Crippen LogP contribution >= 0.6 is 15.9 Å². The molecule has 1 aromatic carbocycles. The number of carboxylic acids is 1. The van der Waals surface area contributed by atoms with Gasteiger partial charge in [-0.3, -0.25) is 4.79 Å². The molecule has 1 aliphatic rings. The lowest BCUT2D eigenvalue weighted by Gasteiger charge is -2.26. The molecule has 1 unspecified atom stereocenters. The molecule has 0 spiro atoms. The van der Waals surface area contributed by atoms with Crippen LogP contribution in [0, 0.1) is 0 Å². The number of rotatable bonds is 4. The standard InChI is InChI=1S/C12H13BrN2O4/c13-7-1-2-8(10(14)16)9(5-7)15-12(11(17)18)3-4-19-6-12/h1-2,5,15H,3-4,6H2,(H2,14,16)(H,17,18). The normalized spacial score (nSPS) is 22.2. The van der Waals surface area contributed by atoms with Gasteiger partial charge in [0, 0.05) is 23.2 Å². The predicted octanol–water partition coefficient (Wildman–Crippen LogP) is 1.20. The van der Waals surface area contributed by atoms with Gasteiger partial charge in [0.2, 0.25) is 0 Å². The van der Waals surface area contributed by atoms with Crippen molar-refractivity contribution >= 4 is 33.5 Å². The Bertz CT molecular complexity index is 526. The third-order valence-electron chi connectivity index (χ3n) is 3.05. The molecule has 7 heteroatoms. The average Bonchev–Trinajstić information content (AvgIpc) is 2.78. The number of ether oxygens (including phenoxy) is 1. The summed E-state index contributed by atoms with van der Waals surface area (Å²) < 4.78 is 5.88. The van der Waals surface area contributed by atoms with E-state index in [1.165, 1.54) is 0 Å². The van der Waals surface area contributed by atoms with Gasteiger partial charge in [0.25, 0.3) is 5.91 Å². The van der Waals surface area contributed by atoms with E-state index >= 15 is 0 Å². The van der Waals surface area contributed by atoms with Crippen LogP contribution in [0.3, 0.4) is 0 Å². The number of anilines is 1. The van der Waals surface area contributed by atoms with E-state index in [9.17, 15) is 14.7 Å². The molecule has 0 bridgehead atoms. The average molecular weight is 329 g/mol. The van der Waals surface area contributed by atoms with Gasteiger partial charge in [-0.1, -0.05) is 15.9 Å².